The molecular formula is C15H13BrF3N4O3+. The maximum Gasteiger partial charge on any atom is 0.416 e. The highest BCUT2D eigenvalue weighted by Crippen LogP contribution is 2.32. The number of aromatic nitrogens is 1. The van der Waals surface area contributed by atoms with Crippen molar-refractivity contribution in [1.29, 1.82) is 0 Å². The summed E-state index contributed by atoms with van der Waals surface area (Å²) in [7, 11) is 1.17. The fourth-order valence-electron chi connectivity index (χ4n) is 1.97. The molecule has 1 aromatic carbocycles. The first kappa shape index (κ1) is 19.6. The highest BCUT2D eigenvalue weighted by Gasteiger charge is 2.31. The molecule has 0 saturated carbocycles. The van der Waals surface area contributed by atoms with Crippen molar-refractivity contribution in [2.75, 3.05) is 12.5 Å². The van der Waals surface area contributed by atoms with Crippen molar-refractivity contribution in [3.63, 3.8) is 0 Å². The zero-order chi connectivity index (χ0) is 19.5. The van der Waals surface area contributed by atoms with Crippen molar-refractivity contribution < 1.29 is 28.0 Å². The number of rotatable bonds is 5. The van der Waals surface area contributed by atoms with Crippen LogP contribution in [0.4, 0.5) is 24.7 Å². The van der Waals surface area contributed by atoms with E-state index in [1.54, 1.807) is 0 Å². The molecule has 0 aliphatic heterocycles. The lowest BCUT2D eigenvalue weighted by Crippen LogP contribution is -2.07. The van der Waals surface area contributed by atoms with Gasteiger partial charge in [-0.15, -0.1) is 0 Å². The number of aryl methyl sites for hydroxylation is 1. The summed E-state index contributed by atoms with van der Waals surface area (Å²) in [6.45, 7) is 1.42. The summed E-state index contributed by atoms with van der Waals surface area (Å²) in [4.78, 5) is 20.1. The fraction of sp³-hybridized carbons (Fsp3) is 0.200. The lowest BCUT2D eigenvalue weighted by atomic mass is 10.2. The van der Waals surface area contributed by atoms with E-state index < -0.39 is 11.7 Å². The molecule has 0 amide bonds. The van der Waals surface area contributed by atoms with Crippen molar-refractivity contribution in [3.05, 3.63) is 50.5 Å². The highest BCUT2D eigenvalue weighted by atomic mass is 79.9. The molecule has 1 heterocycles. The van der Waals surface area contributed by atoms with Crippen LogP contribution in [0.5, 0.6) is 5.75 Å². The van der Waals surface area contributed by atoms with Crippen LogP contribution in [0, 0.1) is 11.8 Å². The van der Waals surface area contributed by atoms with Crippen molar-refractivity contribution in [1.82, 2.24) is 4.98 Å². The van der Waals surface area contributed by atoms with Gasteiger partial charge in [0.1, 0.15) is 11.6 Å². The summed E-state index contributed by atoms with van der Waals surface area (Å²) in [6, 6.07) is 4.33. The summed E-state index contributed by atoms with van der Waals surface area (Å²) >= 11 is 3.08. The third kappa shape index (κ3) is 4.69. The number of hydrazone groups is 1. The number of anilines is 1. The topological polar surface area (TPSA) is 86.8 Å². The Bertz CT molecular complexity index is 872. The summed E-state index contributed by atoms with van der Waals surface area (Å²) in [5.74, 6) is -0.331. The van der Waals surface area contributed by atoms with E-state index in [9.17, 15) is 23.2 Å². The van der Waals surface area contributed by atoms with E-state index in [0.29, 0.717) is 0 Å². The van der Waals surface area contributed by atoms with E-state index in [-0.39, 0.29) is 37.9 Å². The van der Waals surface area contributed by atoms with Gasteiger partial charge in [-0.3, -0.25) is 5.43 Å². The summed E-state index contributed by atoms with van der Waals surface area (Å²) in [5, 5.41) is 13.7. The van der Waals surface area contributed by atoms with E-state index in [1.165, 1.54) is 26.2 Å². The molecule has 11 heteroatoms. The standard InChI is InChI=1S/C15H12BrF3N4O3/c1-8-3-10(15(17,18)19)5-13(21-8)22-20-7-9-4-11(23(25)26-2)6-12(16)14(9)24/h3-7H,1-2H3,(H-,20,21,22,24,25)/p+1. The molecule has 0 aliphatic carbocycles. The first-order valence-corrected chi connectivity index (χ1v) is 7.80. The Labute approximate surface area is 154 Å². The van der Waals surface area contributed by atoms with E-state index in [1.807, 2.05) is 0 Å². The third-order valence-corrected chi connectivity index (χ3v) is 3.72. The summed E-state index contributed by atoms with van der Waals surface area (Å²) in [5.41, 5.74) is 1.86. The molecule has 26 heavy (non-hydrogen) atoms. The molecule has 0 aliphatic rings. The van der Waals surface area contributed by atoms with E-state index in [0.717, 1.165) is 18.3 Å². The molecule has 2 rings (SSSR count). The Kier molecular flexibility index (Phi) is 5.80. The van der Waals surface area contributed by atoms with Crippen LogP contribution in [-0.2, 0) is 11.0 Å². The molecule has 0 bridgehead atoms. The first-order valence-electron chi connectivity index (χ1n) is 7.00. The van der Waals surface area contributed by atoms with E-state index in [4.69, 9.17) is 0 Å². The SMILES string of the molecule is CO[N+](=O)c1cc(Br)c(O)c(/C=N/Nc2cc(C(F)(F)F)cc(C)n2)c1. The number of pyridine rings is 1. The number of alkyl halides is 3. The lowest BCUT2D eigenvalue weighted by Gasteiger charge is -2.09. The maximum absolute atomic E-state index is 12.8. The number of hydrogen-bond acceptors (Lipinski definition) is 6. The fourth-order valence-corrected chi connectivity index (χ4v) is 2.44. The van der Waals surface area contributed by atoms with Crippen molar-refractivity contribution in [2.45, 2.75) is 13.1 Å². The van der Waals surface area contributed by atoms with Crippen LogP contribution >= 0.6 is 15.9 Å². The van der Waals surface area contributed by atoms with Gasteiger partial charge >= 0.3 is 11.9 Å². The Morgan fingerprint density at radius 3 is 2.65 bits per heavy atom. The van der Waals surface area contributed by atoms with Crippen LogP contribution in [0.2, 0.25) is 0 Å². The van der Waals surface area contributed by atoms with Gasteiger partial charge in [0.25, 0.3) is 4.92 Å². The molecule has 7 nitrogen and oxygen atoms in total. The van der Waals surface area contributed by atoms with Gasteiger partial charge < -0.3 is 5.11 Å². The number of halogens is 4. The normalized spacial score (nSPS) is 11.6. The predicted octanol–water partition coefficient (Wildman–Crippen LogP) is 4.29. The number of phenolic OH excluding ortho intramolecular Hbond substituents is 1. The second-order valence-corrected chi connectivity index (χ2v) is 5.91. The van der Waals surface area contributed by atoms with Gasteiger partial charge in [0, 0.05) is 23.4 Å². The predicted molar refractivity (Wildman–Crippen MR) is 91.3 cm³/mol. The molecule has 0 atom stereocenters. The van der Waals surface area contributed by atoms with Crippen LogP contribution in [0.15, 0.2) is 33.8 Å². The average molecular weight is 434 g/mol. The minimum absolute atomic E-state index is 0.0756. The Morgan fingerprint density at radius 2 is 2.04 bits per heavy atom. The molecule has 2 aromatic rings. The third-order valence-electron chi connectivity index (χ3n) is 3.12. The molecule has 0 spiro atoms. The van der Waals surface area contributed by atoms with Crippen molar-refractivity contribution in [2.24, 2.45) is 5.10 Å². The molecule has 138 valence electrons. The lowest BCUT2D eigenvalue weighted by molar-refractivity contribution is -0.736. The van der Waals surface area contributed by atoms with Gasteiger partial charge in [-0.2, -0.15) is 18.3 Å². The van der Waals surface area contributed by atoms with Gasteiger partial charge in [-0.25, -0.2) is 9.82 Å². The molecule has 0 radical (unpaired) electrons. The number of nitrogens with one attached hydrogen (secondary N) is 1. The number of benzene rings is 1. The zero-order valence-corrected chi connectivity index (χ0v) is 15.1. The molecule has 0 saturated heterocycles. The highest BCUT2D eigenvalue weighted by molar-refractivity contribution is 9.10. The van der Waals surface area contributed by atoms with Gasteiger partial charge in [-0.05, 0) is 35.0 Å². The Balaban J connectivity index is 2.28. The molecule has 1 aromatic heterocycles. The first-order chi connectivity index (χ1) is 12.1. The molecule has 0 unspecified atom stereocenters. The van der Waals surface area contributed by atoms with Crippen molar-refractivity contribution >= 4 is 33.6 Å². The van der Waals surface area contributed by atoms with Crippen LogP contribution in [0.25, 0.3) is 0 Å². The van der Waals surface area contributed by atoms with Crippen molar-refractivity contribution in [3.8, 4) is 5.75 Å². The van der Waals surface area contributed by atoms with Crippen LogP contribution in [0.1, 0.15) is 16.8 Å². The van der Waals surface area contributed by atoms with Gasteiger partial charge in [0.2, 0.25) is 0 Å². The van der Waals surface area contributed by atoms with Gasteiger partial charge in [0.05, 0.1) is 21.2 Å². The summed E-state index contributed by atoms with van der Waals surface area (Å²) < 4.78 is 38.6. The number of phenols is 1. The minimum atomic E-state index is -4.51. The maximum atomic E-state index is 12.8. The van der Waals surface area contributed by atoms with Crippen LogP contribution in [-0.4, -0.2) is 28.3 Å². The Hall–Kier alpha value is -2.69. The monoisotopic (exact) mass is 433 g/mol. The van der Waals surface area contributed by atoms with Crippen LogP contribution in [0.3, 0.4) is 0 Å². The molecule has 2 N–H and O–H groups in total. The second-order valence-electron chi connectivity index (χ2n) is 5.06. The number of hydrogen-bond donors (Lipinski definition) is 2. The quantitative estimate of drug-likeness (QED) is 0.542. The number of aromatic hydroxyl groups is 1. The zero-order valence-electron chi connectivity index (χ0n) is 13.5. The smallest absolute Gasteiger partial charge is 0.416 e. The second kappa shape index (κ2) is 7.68. The van der Waals surface area contributed by atoms with Gasteiger partial charge in [-0.1, -0.05) is 0 Å². The molecule has 0 fully saturated rings. The largest absolute Gasteiger partial charge is 0.506 e. The average Bonchev–Trinajstić information content (AvgIpc) is 2.56. The van der Waals surface area contributed by atoms with E-state index in [2.05, 4.69) is 36.3 Å². The molecular weight excluding hydrogens is 421 g/mol. The number of nitrogens with zero attached hydrogens (tertiary/aromatic N) is 3. The minimum Gasteiger partial charge on any atom is -0.506 e. The van der Waals surface area contributed by atoms with Crippen LogP contribution < -0.4 is 5.43 Å². The summed E-state index contributed by atoms with van der Waals surface area (Å²) in [6.07, 6.45) is -3.38. The Morgan fingerprint density at radius 1 is 1.35 bits per heavy atom. The van der Waals surface area contributed by atoms with E-state index >= 15 is 0 Å². The van der Waals surface area contributed by atoms with Gasteiger partial charge in [0.15, 0.2) is 7.11 Å².